The number of rotatable bonds is 9. The molecule has 0 amide bonds. The first-order chi connectivity index (χ1) is 9.51. The molecule has 0 aliphatic heterocycles. The standard InChI is InChI=1S/C14H25N3O2S/c1-4-8-13-9-5-6-10-14(13)16-20(18,19)17(3)12-7-11-15-2/h5-6,9-10,15-16H,4,7-8,11-12H2,1-3H3. The summed E-state index contributed by atoms with van der Waals surface area (Å²) < 4.78 is 28.5. The molecule has 6 heteroatoms. The van der Waals surface area contributed by atoms with Gasteiger partial charge in [-0.15, -0.1) is 0 Å². The van der Waals surface area contributed by atoms with E-state index in [0.717, 1.165) is 31.4 Å². The van der Waals surface area contributed by atoms with Gasteiger partial charge in [0.25, 0.3) is 0 Å². The van der Waals surface area contributed by atoms with Crippen LogP contribution >= 0.6 is 0 Å². The van der Waals surface area contributed by atoms with Gasteiger partial charge in [0.2, 0.25) is 0 Å². The van der Waals surface area contributed by atoms with Gasteiger partial charge in [-0.1, -0.05) is 31.5 Å². The summed E-state index contributed by atoms with van der Waals surface area (Å²) in [5, 5.41) is 3.01. The third-order valence-electron chi connectivity index (χ3n) is 3.09. The molecule has 5 nitrogen and oxygen atoms in total. The second kappa shape index (κ2) is 8.24. The maximum absolute atomic E-state index is 12.2. The van der Waals surface area contributed by atoms with Crippen LogP contribution in [0, 0.1) is 0 Å². The normalized spacial score (nSPS) is 11.8. The summed E-state index contributed by atoms with van der Waals surface area (Å²) >= 11 is 0. The molecule has 114 valence electrons. The van der Waals surface area contributed by atoms with Gasteiger partial charge in [0.15, 0.2) is 0 Å². The SMILES string of the molecule is CCCc1ccccc1NS(=O)(=O)N(C)CCCNC. The third kappa shape index (κ3) is 5.11. The fourth-order valence-corrected chi connectivity index (χ4v) is 2.93. The van der Waals surface area contributed by atoms with Gasteiger partial charge in [-0.05, 0) is 38.1 Å². The quantitative estimate of drug-likeness (QED) is 0.684. The molecule has 0 atom stereocenters. The number of anilines is 1. The molecule has 0 aliphatic carbocycles. The minimum absolute atomic E-state index is 0.492. The van der Waals surface area contributed by atoms with E-state index in [1.165, 1.54) is 4.31 Å². The number of benzene rings is 1. The summed E-state index contributed by atoms with van der Waals surface area (Å²) in [4.78, 5) is 0. The summed E-state index contributed by atoms with van der Waals surface area (Å²) in [6.07, 6.45) is 2.63. The lowest BCUT2D eigenvalue weighted by atomic mass is 10.1. The van der Waals surface area contributed by atoms with Crippen molar-refractivity contribution in [3.8, 4) is 0 Å². The highest BCUT2D eigenvalue weighted by atomic mass is 32.2. The largest absolute Gasteiger partial charge is 0.320 e. The van der Waals surface area contributed by atoms with Gasteiger partial charge >= 0.3 is 10.2 Å². The van der Waals surface area contributed by atoms with Crippen LogP contribution in [0.2, 0.25) is 0 Å². The summed E-state index contributed by atoms with van der Waals surface area (Å²) in [6.45, 7) is 3.37. The van der Waals surface area contributed by atoms with E-state index in [9.17, 15) is 8.42 Å². The van der Waals surface area contributed by atoms with Gasteiger partial charge in [0, 0.05) is 13.6 Å². The van der Waals surface area contributed by atoms with E-state index < -0.39 is 10.2 Å². The summed E-state index contributed by atoms with van der Waals surface area (Å²) in [7, 11) is -0.0265. The number of nitrogens with zero attached hydrogens (tertiary/aromatic N) is 1. The molecule has 0 aliphatic rings. The first kappa shape index (κ1) is 16.9. The lowest BCUT2D eigenvalue weighted by Gasteiger charge is -2.19. The van der Waals surface area contributed by atoms with Crippen LogP contribution in [0.3, 0.4) is 0 Å². The first-order valence-corrected chi connectivity index (χ1v) is 8.42. The van der Waals surface area contributed by atoms with Crippen LogP contribution in [0.15, 0.2) is 24.3 Å². The molecular weight excluding hydrogens is 274 g/mol. The van der Waals surface area contributed by atoms with Crippen LogP contribution in [-0.2, 0) is 16.6 Å². The van der Waals surface area contributed by atoms with Gasteiger partial charge in [-0.2, -0.15) is 12.7 Å². The fourth-order valence-electron chi connectivity index (χ4n) is 1.92. The Kier molecular flexibility index (Phi) is 6.98. The number of nitrogens with one attached hydrogen (secondary N) is 2. The highest BCUT2D eigenvalue weighted by Crippen LogP contribution is 2.19. The third-order valence-corrected chi connectivity index (χ3v) is 4.57. The summed E-state index contributed by atoms with van der Waals surface area (Å²) in [6, 6.07) is 7.55. The van der Waals surface area contributed by atoms with Crippen LogP contribution in [0.4, 0.5) is 5.69 Å². The van der Waals surface area contributed by atoms with E-state index in [1.54, 1.807) is 7.05 Å². The lowest BCUT2D eigenvalue weighted by molar-refractivity contribution is 0.462. The Hall–Kier alpha value is -1.11. The van der Waals surface area contributed by atoms with Gasteiger partial charge in [0.05, 0.1) is 5.69 Å². The van der Waals surface area contributed by atoms with Crippen molar-refractivity contribution >= 4 is 15.9 Å². The number of para-hydroxylation sites is 1. The van der Waals surface area contributed by atoms with Gasteiger partial charge < -0.3 is 5.32 Å². The minimum atomic E-state index is -3.48. The van der Waals surface area contributed by atoms with Gasteiger partial charge in [0.1, 0.15) is 0 Å². The highest BCUT2D eigenvalue weighted by Gasteiger charge is 2.18. The van der Waals surface area contributed by atoms with Crippen molar-refractivity contribution < 1.29 is 8.42 Å². The van der Waals surface area contributed by atoms with Crippen molar-refractivity contribution in [2.45, 2.75) is 26.2 Å². The summed E-state index contributed by atoms with van der Waals surface area (Å²) in [5.74, 6) is 0. The van der Waals surface area contributed by atoms with E-state index in [0.29, 0.717) is 12.2 Å². The second-order valence-electron chi connectivity index (χ2n) is 4.79. The van der Waals surface area contributed by atoms with Crippen LogP contribution in [0.1, 0.15) is 25.3 Å². The molecule has 1 aromatic rings. The topological polar surface area (TPSA) is 61.4 Å². The van der Waals surface area contributed by atoms with Crippen molar-refractivity contribution in [1.29, 1.82) is 0 Å². The average Bonchev–Trinajstić information content (AvgIpc) is 2.41. The zero-order valence-electron chi connectivity index (χ0n) is 12.5. The number of hydrogen-bond donors (Lipinski definition) is 2. The van der Waals surface area contributed by atoms with E-state index >= 15 is 0 Å². The Balaban J connectivity index is 2.75. The van der Waals surface area contributed by atoms with Crippen LogP contribution < -0.4 is 10.0 Å². The molecule has 0 radical (unpaired) electrons. The predicted molar refractivity (Wildman–Crippen MR) is 84.2 cm³/mol. The Bertz CT molecular complexity index is 503. The second-order valence-corrected chi connectivity index (χ2v) is 6.57. The minimum Gasteiger partial charge on any atom is -0.320 e. The Morgan fingerprint density at radius 1 is 1.25 bits per heavy atom. The fraction of sp³-hybridized carbons (Fsp3) is 0.571. The summed E-state index contributed by atoms with van der Waals surface area (Å²) in [5.41, 5.74) is 1.71. The zero-order valence-corrected chi connectivity index (χ0v) is 13.3. The van der Waals surface area contributed by atoms with Crippen molar-refractivity contribution in [2.24, 2.45) is 0 Å². The van der Waals surface area contributed by atoms with E-state index in [2.05, 4.69) is 17.0 Å². The maximum Gasteiger partial charge on any atom is 0.301 e. The molecule has 0 spiro atoms. The van der Waals surface area contributed by atoms with Gasteiger partial charge in [-0.25, -0.2) is 0 Å². The molecule has 2 N–H and O–H groups in total. The van der Waals surface area contributed by atoms with Gasteiger partial charge in [-0.3, -0.25) is 4.72 Å². The highest BCUT2D eigenvalue weighted by molar-refractivity contribution is 7.90. The molecule has 0 unspecified atom stereocenters. The first-order valence-electron chi connectivity index (χ1n) is 6.98. The molecule has 0 fully saturated rings. The molecule has 1 rings (SSSR count). The molecular formula is C14H25N3O2S. The van der Waals surface area contributed by atoms with Crippen molar-refractivity contribution in [3.05, 3.63) is 29.8 Å². The average molecular weight is 299 g/mol. The lowest BCUT2D eigenvalue weighted by Crippen LogP contribution is -2.34. The van der Waals surface area contributed by atoms with Crippen molar-refractivity contribution in [1.82, 2.24) is 9.62 Å². The Labute approximate surface area is 122 Å². The number of hydrogen-bond acceptors (Lipinski definition) is 3. The van der Waals surface area contributed by atoms with Crippen molar-refractivity contribution in [2.75, 3.05) is 31.9 Å². The Morgan fingerprint density at radius 3 is 2.60 bits per heavy atom. The molecule has 0 saturated heterocycles. The molecule has 20 heavy (non-hydrogen) atoms. The monoisotopic (exact) mass is 299 g/mol. The van der Waals surface area contributed by atoms with E-state index in [-0.39, 0.29) is 0 Å². The zero-order chi connectivity index (χ0) is 15.0. The molecule has 1 aromatic carbocycles. The van der Waals surface area contributed by atoms with Crippen LogP contribution in [0.25, 0.3) is 0 Å². The van der Waals surface area contributed by atoms with Crippen molar-refractivity contribution in [3.63, 3.8) is 0 Å². The van der Waals surface area contributed by atoms with E-state index in [4.69, 9.17) is 0 Å². The maximum atomic E-state index is 12.2. The number of aryl methyl sites for hydroxylation is 1. The molecule has 0 heterocycles. The van der Waals surface area contributed by atoms with E-state index in [1.807, 2.05) is 31.3 Å². The predicted octanol–water partition coefficient (Wildman–Crippen LogP) is 1.84. The molecule has 0 bridgehead atoms. The molecule has 0 aromatic heterocycles. The Morgan fingerprint density at radius 2 is 1.95 bits per heavy atom. The smallest absolute Gasteiger partial charge is 0.301 e. The van der Waals surface area contributed by atoms with Crippen LogP contribution in [0.5, 0.6) is 0 Å². The van der Waals surface area contributed by atoms with Crippen LogP contribution in [-0.4, -0.2) is 39.9 Å². The molecule has 0 saturated carbocycles.